The van der Waals surface area contributed by atoms with Crippen molar-refractivity contribution in [2.45, 2.75) is 18.9 Å². The van der Waals surface area contributed by atoms with Crippen LogP contribution in [-0.2, 0) is 6.42 Å². The van der Waals surface area contributed by atoms with Crippen LogP contribution in [0.1, 0.15) is 12.0 Å². The van der Waals surface area contributed by atoms with Crippen LogP contribution in [0.3, 0.4) is 0 Å². The van der Waals surface area contributed by atoms with Crippen LogP contribution < -0.4 is 10.1 Å². The lowest BCUT2D eigenvalue weighted by Gasteiger charge is -2.12. The van der Waals surface area contributed by atoms with Gasteiger partial charge in [-0.05, 0) is 43.7 Å². The fraction of sp³-hybridized carbons (Fsp3) is 0.500. The summed E-state index contributed by atoms with van der Waals surface area (Å²) >= 11 is 5.92. The topological polar surface area (TPSA) is 41.5 Å². The second-order valence-corrected chi connectivity index (χ2v) is 4.14. The van der Waals surface area contributed by atoms with E-state index < -0.39 is 0 Å². The molecule has 0 aliphatic carbocycles. The summed E-state index contributed by atoms with van der Waals surface area (Å²) in [5, 5.41) is 13.2. The van der Waals surface area contributed by atoms with Crippen molar-refractivity contribution in [1.29, 1.82) is 0 Å². The minimum Gasteiger partial charge on any atom is -0.496 e. The van der Waals surface area contributed by atoms with E-state index in [1.54, 1.807) is 13.2 Å². The minimum absolute atomic E-state index is 0.339. The predicted molar refractivity (Wildman–Crippen MR) is 66.3 cm³/mol. The van der Waals surface area contributed by atoms with Gasteiger partial charge >= 0.3 is 0 Å². The molecule has 0 heterocycles. The Morgan fingerprint density at radius 2 is 2.25 bits per heavy atom. The van der Waals surface area contributed by atoms with Crippen molar-refractivity contribution in [3.63, 3.8) is 0 Å². The van der Waals surface area contributed by atoms with Gasteiger partial charge in [0.25, 0.3) is 0 Å². The first-order chi connectivity index (χ1) is 7.67. The molecule has 1 aromatic carbocycles. The van der Waals surface area contributed by atoms with Crippen LogP contribution in [-0.4, -0.2) is 31.9 Å². The summed E-state index contributed by atoms with van der Waals surface area (Å²) in [7, 11) is 3.46. The molecule has 0 fully saturated rings. The zero-order valence-corrected chi connectivity index (χ0v) is 10.4. The Morgan fingerprint density at radius 3 is 2.88 bits per heavy atom. The summed E-state index contributed by atoms with van der Waals surface area (Å²) in [6, 6.07) is 5.53. The molecular weight excluding hydrogens is 226 g/mol. The van der Waals surface area contributed by atoms with E-state index in [0.29, 0.717) is 18.0 Å². The molecule has 0 aromatic heterocycles. The fourth-order valence-electron chi connectivity index (χ4n) is 1.60. The molecule has 0 aliphatic heterocycles. The quantitative estimate of drug-likeness (QED) is 0.802. The van der Waals surface area contributed by atoms with Gasteiger partial charge in [0.2, 0.25) is 0 Å². The zero-order valence-electron chi connectivity index (χ0n) is 9.66. The SMILES string of the molecule is CNCC(O)CCc1cc(Cl)ccc1OC. The average Bonchev–Trinajstić information content (AvgIpc) is 2.27. The number of aliphatic hydroxyl groups is 1. The van der Waals surface area contributed by atoms with E-state index in [9.17, 15) is 5.11 Å². The monoisotopic (exact) mass is 243 g/mol. The first-order valence-electron chi connectivity index (χ1n) is 5.32. The second-order valence-electron chi connectivity index (χ2n) is 3.71. The third kappa shape index (κ3) is 4.00. The second kappa shape index (κ2) is 6.74. The normalized spacial score (nSPS) is 12.5. The predicted octanol–water partition coefficient (Wildman–Crippen LogP) is 1.86. The van der Waals surface area contributed by atoms with E-state index in [1.165, 1.54) is 0 Å². The van der Waals surface area contributed by atoms with Gasteiger partial charge in [-0.3, -0.25) is 0 Å². The number of likely N-dealkylation sites (N-methyl/N-ethyl adjacent to an activating group) is 1. The van der Waals surface area contributed by atoms with Crippen LogP contribution in [0, 0.1) is 0 Å². The van der Waals surface area contributed by atoms with E-state index in [4.69, 9.17) is 16.3 Å². The Morgan fingerprint density at radius 1 is 1.50 bits per heavy atom. The molecule has 0 radical (unpaired) electrons. The van der Waals surface area contributed by atoms with Gasteiger partial charge in [0.1, 0.15) is 5.75 Å². The number of aryl methyl sites for hydroxylation is 1. The van der Waals surface area contributed by atoms with Crippen LogP contribution in [0.5, 0.6) is 5.75 Å². The smallest absolute Gasteiger partial charge is 0.122 e. The van der Waals surface area contributed by atoms with Gasteiger partial charge in [0.05, 0.1) is 13.2 Å². The van der Waals surface area contributed by atoms with Gasteiger partial charge in [-0.1, -0.05) is 11.6 Å². The molecule has 1 atom stereocenters. The minimum atomic E-state index is -0.339. The number of benzene rings is 1. The van der Waals surface area contributed by atoms with Gasteiger partial charge in [-0.25, -0.2) is 0 Å². The molecule has 0 amide bonds. The Bertz CT molecular complexity index is 331. The van der Waals surface area contributed by atoms with Crippen molar-refractivity contribution >= 4 is 11.6 Å². The van der Waals surface area contributed by atoms with Crippen LogP contribution in [0.4, 0.5) is 0 Å². The van der Waals surface area contributed by atoms with Gasteiger partial charge < -0.3 is 15.2 Å². The molecule has 0 spiro atoms. The molecule has 0 saturated carbocycles. The Kier molecular flexibility index (Phi) is 5.60. The summed E-state index contributed by atoms with van der Waals surface area (Å²) in [4.78, 5) is 0. The van der Waals surface area contributed by atoms with Crippen molar-refractivity contribution in [2.75, 3.05) is 20.7 Å². The summed E-state index contributed by atoms with van der Waals surface area (Å²) in [6.07, 6.45) is 1.11. The molecule has 0 saturated heterocycles. The lowest BCUT2D eigenvalue weighted by molar-refractivity contribution is 0.164. The van der Waals surface area contributed by atoms with Gasteiger partial charge in [0, 0.05) is 11.6 Å². The van der Waals surface area contributed by atoms with E-state index in [0.717, 1.165) is 17.7 Å². The molecule has 1 unspecified atom stereocenters. The molecule has 1 rings (SSSR count). The Labute approximate surface area is 101 Å². The van der Waals surface area contributed by atoms with Gasteiger partial charge in [-0.15, -0.1) is 0 Å². The number of hydrogen-bond acceptors (Lipinski definition) is 3. The van der Waals surface area contributed by atoms with E-state index in [1.807, 2.05) is 19.2 Å². The number of ether oxygens (including phenoxy) is 1. The largest absolute Gasteiger partial charge is 0.496 e. The highest BCUT2D eigenvalue weighted by molar-refractivity contribution is 6.30. The third-order valence-corrected chi connectivity index (χ3v) is 2.66. The maximum Gasteiger partial charge on any atom is 0.122 e. The van der Waals surface area contributed by atoms with Crippen molar-refractivity contribution in [1.82, 2.24) is 5.32 Å². The van der Waals surface area contributed by atoms with Crippen molar-refractivity contribution in [3.8, 4) is 5.75 Å². The Hall–Kier alpha value is -0.770. The third-order valence-electron chi connectivity index (χ3n) is 2.43. The molecule has 2 N–H and O–H groups in total. The van der Waals surface area contributed by atoms with Crippen molar-refractivity contribution in [2.24, 2.45) is 0 Å². The highest BCUT2D eigenvalue weighted by atomic mass is 35.5. The van der Waals surface area contributed by atoms with Crippen LogP contribution in [0.2, 0.25) is 5.02 Å². The molecule has 3 nitrogen and oxygen atoms in total. The number of rotatable bonds is 6. The van der Waals surface area contributed by atoms with E-state index in [-0.39, 0.29) is 6.10 Å². The van der Waals surface area contributed by atoms with E-state index >= 15 is 0 Å². The number of halogens is 1. The molecular formula is C12H18ClNO2. The molecule has 16 heavy (non-hydrogen) atoms. The van der Waals surface area contributed by atoms with Gasteiger partial charge in [0.15, 0.2) is 0 Å². The maximum absolute atomic E-state index is 9.61. The standard InChI is InChI=1S/C12H18ClNO2/c1-14-8-11(15)5-3-9-7-10(13)4-6-12(9)16-2/h4,6-7,11,14-15H,3,5,8H2,1-2H3. The van der Waals surface area contributed by atoms with E-state index in [2.05, 4.69) is 5.32 Å². The number of methoxy groups -OCH3 is 1. The summed E-state index contributed by atoms with van der Waals surface area (Å²) < 4.78 is 5.24. The molecule has 0 bridgehead atoms. The summed E-state index contributed by atoms with van der Waals surface area (Å²) in [5.74, 6) is 0.820. The maximum atomic E-state index is 9.61. The van der Waals surface area contributed by atoms with Crippen molar-refractivity contribution < 1.29 is 9.84 Å². The molecule has 4 heteroatoms. The lowest BCUT2D eigenvalue weighted by atomic mass is 10.1. The number of hydrogen-bond donors (Lipinski definition) is 2. The fourth-order valence-corrected chi connectivity index (χ4v) is 1.80. The highest BCUT2D eigenvalue weighted by Gasteiger charge is 2.07. The average molecular weight is 244 g/mol. The molecule has 90 valence electrons. The van der Waals surface area contributed by atoms with Crippen LogP contribution >= 0.6 is 11.6 Å². The number of aliphatic hydroxyl groups excluding tert-OH is 1. The van der Waals surface area contributed by atoms with Crippen molar-refractivity contribution in [3.05, 3.63) is 28.8 Å². The Balaban J connectivity index is 2.61. The van der Waals surface area contributed by atoms with Crippen LogP contribution in [0.25, 0.3) is 0 Å². The first-order valence-corrected chi connectivity index (χ1v) is 5.70. The summed E-state index contributed by atoms with van der Waals surface area (Å²) in [6.45, 7) is 0.600. The lowest BCUT2D eigenvalue weighted by Crippen LogP contribution is -2.23. The van der Waals surface area contributed by atoms with Gasteiger partial charge in [-0.2, -0.15) is 0 Å². The highest BCUT2D eigenvalue weighted by Crippen LogP contribution is 2.24. The van der Waals surface area contributed by atoms with Crippen LogP contribution in [0.15, 0.2) is 18.2 Å². The first kappa shape index (κ1) is 13.3. The summed E-state index contributed by atoms with van der Waals surface area (Å²) in [5.41, 5.74) is 1.03. The molecule has 1 aromatic rings. The number of nitrogens with one attached hydrogen (secondary N) is 1. The zero-order chi connectivity index (χ0) is 12.0. The molecule has 0 aliphatic rings.